The number of aliphatic imine (C=N–C) groups is 1. The van der Waals surface area contributed by atoms with Crippen LogP contribution in [0.2, 0.25) is 0 Å². The zero-order chi connectivity index (χ0) is 26.2. The molecule has 0 radical (unpaired) electrons. The van der Waals surface area contributed by atoms with Gasteiger partial charge in [0.25, 0.3) is 0 Å². The van der Waals surface area contributed by atoms with Crippen molar-refractivity contribution in [3.8, 4) is 11.5 Å². The van der Waals surface area contributed by atoms with E-state index in [0.29, 0.717) is 17.4 Å². The molecule has 0 amide bonds. The molecule has 0 saturated carbocycles. The van der Waals surface area contributed by atoms with Gasteiger partial charge in [-0.2, -0.15) is 0 Å². The molecule has 3 heterocycles. The van der Waals surface area contributed by atoms with Gasteiger partial charge >= 0.3 is 21.1 Å². The number of fused-ring (bicyclic) bond motifs is 11. The summed E-state index contributed by atoms with van der Waals surface area (Å²) in [6.07, 6.45) is 0.920. The van der Waals surface area contributed by atoms with Gasteiger partial charge in [-0.15, -0.1) is 24.3 Å². The first-order valence-corrected chi connectivity index (χ1v) is 13.5. The second kappa shape index (κ2) is 9.29. The van der Waals surface area contributed by atoms with Gasteiger partial charge in [0, 0.05) is 23.4 Å². The van der Waals surface area contributed by atoms with E-state index in [2.05, 4.69) is 77.2 Å². The first-order chi connectivity index (χ1) is 19.8. The molecule has 41 heavy (non-hydrogen) atoms. The maximum atomic E-state index is 6.31. The van der Waals surface area contributed by atoms with Gasteiger partial charge in [-0.25, -0.2) is 0 Å². The Morgan fingerprint density at radius 1 is 0.756 bits per heavy atom. The Labute approximate surface area is 250 Å². The van der Waals surface area contributed by atoms with E-state index in [1.807, 2.05) is 42.5 Å². The van der Waals surface area contributed by atoms with Crippen molar-refractivity contribution in [1.29, 1.82) is 0 Å². The quantitative estimate of drug-likeness (QED) is 0.140. The molecule has 2 aromatic heterocycles. The van der Waals surface area contributed by atoms with Crippen LogP contribution >= 0.6 is 0 Å². The summed E-state index contributed by atoms with van der Waals surface area (Å²) in [7, 11) is 0. The molecular weight excluding hydrogens is 689 g/mol. The zero-order valence-electron chi connectivity index (χ0n) is 21.7. The molecule has 1 aliphatic carbocycles. The summed E-state index contributed by atoms with van der Waals surface area (Å²) in [5, 5.41) is 3.15. The molecule has 0 saturated heterocycles. The molecular formula is C35H21N3O2Pt. The molecule has 0 fully saturated rings. The minimum Gasteiger partial charge on any atom is -0.514 e. The Morgan fingerprint density at radius 3 is 2.51 bits per heavy atom. The van der Waals surface area contributed by atoms with Crippen LogP contribution in [0.15, 0.2) is 108 Å². The maximum absolute atomic E-state index is 6.31. The van der Waals surface area contributed by atoms with Crippen molar-refractivity contribution in [1.82, 2.24) is 9.38 Å². The van der Waals surface area contributed by atoms with E-state index in [9.17, 15) is 0 Å². The number of imidazole rings is 1. The third kappa shape index (κ3) is 3.73. The maximum Gasteiger partial charge on any atom is 2.00 e. The average molecular weight is 711 g/mol. The molecule has 6 heteroatoms. The first-order valence-electron chi connectivity index (χ1n) is 13.5. The third-order valence-electron chi connectivity index (χ3n) is 8.02. The Morgan fingerprint density at radius 2 is 1.56 bits per heavy atom. The summed E-state index contributed by atoms with van der Waals surface area (Å²) < 4.78 is 14.8. The molecule has 0 spiro atoms. The van der Waals surface area contributed by atoms with Crippen LogP contribution in [-0.2, 0) is 32.2 Å². The topological polar surface area (TPSA) is 48.1 Å². The number of hydrogen-bond donors (Lipinski definition) is 0. The molecule has 5 nitrogen and oxygen atoms in total. The van der Waals surface area contributed by atoms with Gasteiger partial charge in [0.1, 0.15) is 18.0 Å². The predicted molar refractivity (Wildman–Crippen MR) is 156 cm³/mol. The Balaban J connectivity index is 0.00000256. The monoisotopic (exact) mass is 710 g/mol. The molecule has 9 rings (SSSR count). The minimum absolute atomic E-state index is 0. The molecule has 5 aromatic carbocycles. The second-order valence-electron chi connectivity index (χ2n) is 10.4. The molecule has 198 valence electrons. The molecule has 2 atom stereocenters. The van der Waals surface area contributed by atoms with Crippen LogP contribution in [0, 0.1) is 12.1 Å². The fraction of sp³-hybridized carbons (Fsp3) is 0.0857. The zero-order valence-corrected chi connectivity index (χ0v) is 23.9. The van der Waals surface area contributed by atoms with Gasteiger partial charge in [0.05, 0.1) is 16.7 Å². The Hall–Kier alpha value is -4.47. The van der Waals surface area contributed by atoms with Gasteiger partial charge in [0.15, 0.2) is 0 Å². The summed E-state index contributed by atoms with van der Waals surface area (Å²) in [6, 6.07) is 41.9. The molecule has 0 N–H and O–H groups in total. The van der Waals surface area contributed by atoms with Crippen molar-refractivity contribution >= 4 is 44.3 Å². The fourth-order valence-electron chi connectivity index (χ4n) is 6.25. The predicted octanol–water partition coefficient (Wildman–Crippen LogP) is 7.63. The summed E-state index contributed by atoms with van der Waals surface area (Å²) >= 11 is 0. The van der Waals surface area contributed by atoms with E-state index in [1.165, 1.54) is 11.1 Å². The van der Waals surface area contributed by atoms with Crippen LogP contribution in [0.25, 0.3) is 38.4 Å². The molecule has 2 aliphatic rings. The minimum atomic E-state index is 0. The van der Waals surface area contributed by atoms with Gasteiger partial charge in [-0.3, -0.25) is 9.98 Å². The van der Waals surface area contributed by atoms with Crippen molar-refractivity contribution in [2.45, 2.75) is 18.6 Å². The molecule has 0 unspecified atom stereocenters. The SMILES string of the molecule is [Pt+2].[c-]1c(Oc2[c-]c3c(cc2)c2ccccc2n2c4ccccc4nc32)cccc1C1=N[C@@H]2c3ccccc3C[C@@H]2O1. The number of benzene rings is 5. The number of rotatable bonds is 3. The van der Waals surface area contributed by atoms with Crippen LogP contribution in [0.4, 0.5) is 0 Å². The van der Waals surface area contributed by atoms with E-state index in [4.69, 9.17) is 19.5 Å². The molecule has 0 bridgehead atoms. The normalized spacial score (nSPS) is 17.3. The first kappa shape index (κ1) is 24.3. The van der Waals surface area contributed by atoms with E-state index in [1.54, 1.807) is 0 Å². The third-order valence-corrected chi connectivity index (χ3v) is 8.02. The van der Waals surface area contributed by atoms with E-state index < -0.39 is 0 Å². The van der Waals surface area contributed by atoms with E-state index in [0.717, 1.165) is 50.3 Å². The largest absolute Gasteiger partial charge is 2.00 e. The second-order valence-corrected chi connectivity index (χ2v) is 10.4. The number of para-hydroxylation sites is 3. The summed E-state index contributed by atoms with van der Waals surface area (Å²) in [5.74, 6) is 1.81. The Kier molecular flexibility index (Phi) is 5.51. The van der Waals surface area contributed by atoms with Crippen molar-refractivity contribution in [2.75, 3.05) is 0 Å². The number of nitrogens with zero attached hydrogens (tertiary/aromatic N) is 3. The summed E-state index contributed by atoms with van der Waals surface area (Å²) in [5.41, 5.74) is 7.36. The van der Waals surface area contributed by atoms with Crippen molar-refractivity contribution in [3.05, 3.63) is 132 Å². The number of pyridine rings is 1. The van der Waals surface area contributed by atoms with Gasteiger partial charge in [-0.1, -0.05) is 89.1 Å². The average Bonchev–Trinajstić information content (AvgIpc) is 3.69. The molecule has 7 aromatic rings. The van der Waals surface area contributed by atoms with Crippen LogP contribution < -0.4 is 4.74 Å². The van der Waals surface area contributed by atoms with E-state index >= 15 is 0 Å². The number of hydrogen-bond acceptors (Lipinski definition) is 4. The van der Waals surface area contributed by atoms with Gasteiger partial charge in [-0.05, 0) is 34.7 Å². The fourth-order valence-corrected chi connectivity index (χ4v) is 6.25. The van der Waals surface area contributed by atoms with E-state index in [-0.39, 0.29) is 33.2 Å². The molecule has 1 aliphatic heterocycles. The Bertz CT molecular complexity index is 2180. The number of ether oxygens (including phenoxy) is 2. The van der Waals surface area contributed by atoms with Crippen molar-refractivity contribution in [2.24, 2.45) is 4.99 Å². The van der Waals surface area contributed by atoms with Crippen molar-refractivity contribution < 1.29 is 30.5 Å². The van der Waals surface area contributed by atoms with Crippen molar-refractivity contribution in [3.63, 3.8) is 0 Å². The van der Waals surface area contributed by atoms with Crippen LogP contribution in [0.5, 0.6) is 11.5 Å². The van der Waals surface area contributed by atoms with Gasteiger partial charge < -0.3 is 13.9 Å². The number of aromatic nitrogens is 2. The smallest absolute Gasteiger partial charge is 0.514 e. The van der Waals surface area contributed by atoms with Crippen LogP contribution in [0.3, 0.4) is 0 Å². The van der Waals surface area contributed by atoms with Crippen LogP contribution in [0.1, 0.15) is 22.7 Å². The standard InChI is InChI=1S/C35H21N3O2.Pt/c1-2-11-25-21(8-1)19-32-33(25)37-35(40-32)22-9-7-10-23(18-22)39-24-16-17-26-27-12-3-5-14-30(27)38-31-15-6-4-13-29(31)36-34(38)28(26)20-24;/h1-17,32-33H,19H2;/q-2;+2/t32-,33+;/m0./s1. The summed E-state index contributed by atoms with van der Waals surface area (Å²) in [4.78, 5) is 9.91. The summed E-state index contributed by atoms with van der Waals surface area (Å²) in [6.45, 7) is 0. The van der Waals surface area contributed by atoms with Crippen LogP contribution in [-0.4, -0.2) is 21.4 Å². The van der Waals surface area contributed by atoms with Gasteiger partial charge in [0.2, 0.25) is 0 Å².